The summed E-state index contributed by atoms with van der Waals surface area (Å²) >= 11 is 0. The Morgan fingerprint density at radius 3 is 2.25 bits per heavy atom. The lowest BCUT2D eigenvalue weighted by Gasteiger charge is -2.08. The van der Waals surface area contributed by atoms with Crippen LogP contribution in [0.2, 0.25) is 0 Å². The van der Waals surface area contributed by atoms with Gasteiger partial charge in [0.2, 0.25) is 0 Å². The molecule has 0 spiro atoms. The molecular formula is C15H12F2N2O4S. The molecule has 3 aromatic rings. The van der Waals surface area contributed by atoms with Crippen molar-refractivity contribution in [2.24, 2.45) is 14.1 Å². The highest BCUT2D eigenvalue weighted by atomic mass is 32.2. The largest absolute Gasteiger partial charge is 0.379 e. The molecule has 0 saturated carbocycles. The number of fused-ring (bicyclic) bond motifs is 1. The number of hydrogen-bond acceptors (Lipinski definition) is 4. The van der Waals surface area contributed by atoms with E-state index in [0.717, 1.165) is 12.1 Å². The lowest BCUT2D eigenvalue weighted by molar-refractivity contribution is 0.472. The quantitative estimate of drug-likeness (QED) is 0.674. The number of rotatable bonds is 3. The van der Waals surface area contributed by atoms with Gasteiger partial charge in [-0.15, -0.1) is 0 Å². The molecule has 0 aliphatic carbocycles. The van der Waals surface area contributed by atoms with Gasteiger partial charge in [0.05, 0.1) is 11.0 Å². The van der Waals surface area contributed by atoms with Gasteiger partial charge in [-0.3, -0.25) is 9.13 Å². The fraction of sp³-hybridized carbons (Fsp3) is 0.133. The van der Waals surface area contributed by atoms with Gasteiger partial charge in [-0.05, 0) is 30.3 Å². The van der Waals surface area contributed by atoms with Crippen molar-refractivity contribution in [3.8, 4) is 5.75 Å². The third-order valence-electron chi connectivity index (χ3n) is 3.63. The molecule has 9 heteroatoms. The SMILES string of the molecule is Cn1c(=O)n(C)c2cc(S(=O)(=O)Oc3ccc(F)c(F)c3)ccc21. The molecule has 126 valence electrons. The van der Waals surface area contributed by atoms with E-state index in [1.807, 2.05) is 0 Å². The normalized spacial score (nSPS) is 11.8. The Labute approximate surface area is 135 Å². The van der Waals surface area contributed by atoms with Crippen molar-refractivity contribution in [1.29, 1.82) is 0 Å². The Kier molecular flexibility index (Phi) is 3.67. The lowest BCUT2D eigenvalue weighted by atomic mass is 10.3. The number of nitrogens with zero attached hydrogens (tertiary/aromatic N) is 2. The molecule has 0 fully saturated rings. The maximum absolute atomic E-state index is 13.2. The summed E-state index contributed by atoms with van der Waals surface area (Å²) < 4.78 is 58.2. The Morgan fingerprint density at radius 1 is 0.917 bits per heavy atom. The Balaban J connectivity index is 2.06. The van der Waals surface area contributed by atoms with E-state index in [4.69, 9.17) is 4.18 Å². The van der Waals surface area contributed by atoms with Crippen LogP contribution in [0.3, 0.4) is 0 Å². The first kappa shape index (κ1) is 16.2. The maximum atomic E-state index is 13.2. The molecule has 0 saturated heterocycles. The highest BCUT2D eigenvalue weighted by Gasteiger charge is 2.20. The van der Waals surface area contributed by atoms with Gasteiger partial charge in [-0.25, -0.2) is 13.6 Å². The van der Waals surface area contributed by atoms with Crippen molar-refractivity contribution in [2.75, 3.05) is 0 Å². The van der Waals surface area contributed by atoms with Crippen LogP contribution in [0.4, 0.5) is 8.78 Å². The molecule has 2 aromatic carbocycles. The van der Waals surface area contributed by atoms with Crippen LogP contribution >= 0.6 is 0 Å². The van der Waals surface area contributed by atoms with Crippen LogP contribution in [0.1, 0.15) is 0 Å². The van der Waals surface area contributed by atoms with Gasteiger partial charge in [0.15, 0.2) is 11.6 Å². The van der Waals surface area contributed by atoms with Gasteiger partial charge in [0, 0.05) is 20.2 Å². The molecule has 3 rings (SSSR count). The highest BCUT2D eigenvalue weighted by molar-refractivity contribution is 7.87. The van der Waals surface area contributed by atoms with Crippen LogP contribution in [0, 0.1) is 11.6 Å². The summed E-state index contributed by atoms with van der Waals surface area (Å²) in [5, 5.41) is 0. The molecule has 1 aromatic heterocycles. The van der Waals surface area contributed by atoms with Crippen LogP contribution in [0.25, 0.3) is 11.0 Å². The minimum Gasteiger partial charge on any atom is -0.379 e. The summed E-state index contributed by atoms with van der Waals surface area (Å²) in [6, 6.07) is 6.45. The summed E-state index contributed by atoms with van der Waals surface area (Å²) in [4.78, 5) is 11.7. The second-order valence-electron chi connectivity index (χ2n) is 5.16. The van der Waals surface area contributed by atoms with Gasteiger partial charge < -0.3 is 4.18 Å². The van der Waals surface area contributed by atoms with Crippen molar-refractivity contribution in [3.63, 3.8) is 0 Å². The van der Waals surface area contributed by atoms with Gasteiger partial charge in [-0.1, -0.05) is 0 Å². The zero-order chi connectivity index (χ0) is 17.6. The molecule has 0 aliphatic heterocycles. The van der Waals surface area contributed by atoms with Crippen molar-refractivity contribution in [2.45, 2.75) is 4.90 Å². The van der Waals surface area contributed by atoms with Crippen molar-refractivity contribution >= 4 is 21.2 Å². The van der Waals surface area contributed by atoms with Crippen molar-refractivity contribution in [1.82, 2.24) is 9.13 Å². The summed E-state index contributed by atoms with van der Waals surface area (Å²) in [5.41, 5.74) is 0.646. The topological polar surface area (TPSA) is 70.3 Å². The molecule has 0 N–H and O–H groups in total. The lowest BCUT2D eigenvalue weighted by Crippen LogP contribution is -2.19. The molecule has 1 heterocycles. The van der Waals surface area contributed by atoms with Gasteiger partial charge in [0.25, 0.3) is 0 Å². The second-order valence-corrected chi connectivity index (χ2v) is 6.71. The smallest absolute Gasteiger partial charge is 0.339 e. The highest BCUT2D eigenvalue weighted by Crippen LogP contribution is 2.23. The van der Waals surface area contributed by atoms with Gasteiger partial charge >= 0.3 is 15.8 Å². The van der Waals surface area contributed by atoms with Crippen molar-refractivity contribution in [3.05, 3.63) is 58.5 Å². The first-order chi connectivity index (χ1) is 11.2. The molecule has 0 atom stereocenters. The second kappa shape index (κ2) is 5.45. The Morgan fingerprint density at radius 2 is 1.58 bits per heavy atom. The first-order valence-corrected chi connectivity index (χ1v) is 8.16. The number of benzene rings is 2. The van der Waals surface area contributed by atoms with Crippen LogP contribution in [0.5, 0.6) is 5.75 Å². The zero-order valence-electron chi connectivity index (χ0n) is 12.7. The van der Waals surface area contributed by atoms with Gasteiger partial charge in [0.1, 0.15) is 10.6 Å². The van der Waals surface area contributed by atoms with E-state index in [1.165, 1.54) is 34.4 Å². The van der Waals surface area contributed by atoms with Crippen molar-refractivity contribution < 1.29 is 21.4 Å². The van der Waals surface area contributed by atoms with E-state index in [0.29, 0.717) is 17.1 Å². The van der Waals surface area contributed by atoms with E-state index < -0.39 is 21.8 Å². The summed E-state index contributed by atoms with van der Waals surface area (Å²) in [6.07, 6.45) is 0. The predicted molar refractivity (Wildman–Crippen MR) is 82.3 cm³/mol. The monoisotopic (exact) mass is 354 g/mol. The van der Waals surface area contributed by atoms with E-state index >= 15 is 0 Å². The number of aryl methyl sites for hydroxylation is 2. The molecule has 6 nitrogen and oxygen atoms in total. The van der Waals surface area contributed by atoms with Gasteiger partial charge in [-0.2, -0.15) is 8.42 Å². The molecule has 0 amide bonds. The van der Waals surface area contributed by atoms with Crippen LogP contribution in [-0.4, -0.2) is 17.6 Å². The Hall–Kier alpha value is -2.68. The predicted octanol–water partition coefficient (Wildman–Crippen LogP) is 1.92. The molecular weight excluding hydrogens is 342 g/mol. The standard InChI is InChI=1S/C15H12F2N2O4S/c1-18-13-6-4-10(8-14(13)19(2)15(18)20)24(21,22)23-9-3-5-11(16)12(17)7-9/h3-8H,1-2H3. The average molecular weight is 354 g/mol. The first-order valence-electron chi connectivity index (χ1n) is 6.76. The molecule has 0 aliphatic rings. The summed E-state index contributed by atoms with van der Waals surface area (Å²) in [5.74, 6) is -2.68. The number of imidazole rings is 1. The third-order valence-corrected chi connectivity index (χ3v) is 4.87. The van der Waals surface area contributed by atoms with Crippen LogP contribution in [-0.2, 0) is 24.2 Å². The fourth-order valence-electron chi connectivity index (χ4n) is 2.35. The molecule has 0 bridgehead atoms. The van der Waals surface area contributed by atoms with E-state index in [2.05, 4.69) is 0 Å². The summed E-state index contributed by atoms with van der Waals surface area (Å²) in [7, 11) is -1.19. The molecule has 0 radical (unpaired) electrons. The number of halogens is 2. The van der Waals surface area contributed by atoms with E-state index in [-0.39, 0.29) is 16.3 Å². The minimum absolute atomic E-state index is 0.207. The summed E-state index contributed by atoms with van der Waals surface area (Å²) in [6.45, 7) is 0. The third kappa shape index (κ3) is 2.56. The van der Waals surface area contributed by atoms with E-state index in [1.54, 1.807) is 7.05 Å². The number of hydrogen-bond donors (Lipinski definition) is 0. The van der Waals surface area contributed by atoms with Crippen LogP contribution in [0.15, 0.2) is 46.1 Å². The molecule has 24 heavy (non-hydrogen) atoms. The molecule has 0 unspecified atom stereocenters. The maximum Gasteiger partial charge on any atom is 0.339 e. The zero-order valence-corrected chi connectivity index (χ0v) is 13.5. The average Bonchev–Trinajstić information content (AvgIpc) is 2.75. The van der Waals surface area contributed by atoms with Crippen LogP contribution < -0.4 is 9.87 Å². The number of aromatic nitrogens is 2. The minimum atomic E-state index is -4.27. The fourth-order valence-corrected chi connectivity index (χ4v) is 3.29. The van der Waals surface area contributed by atoms with E-state index in [9.17, 15) is 22.0 Å². The Bertz CT molecular complexity index is 1120.